The molecule has 0 aromatic rings. The Kier molecular flexibility index (Phi) is 4.73. The van der Waals surface area contributed by atoms with E-state index in [-0.39, 0.29) is 23.9 Å². The minimum absolute atomic E-state index is 0.0262. The third kappa shape index (κ3) is 3.37. The molecule has 21 heavy (non-hydrogen) atoms. The fraction of sp³-hybridized carbons (Fsp3) is 0.765. The summed E-state index contributed by atoms with van der Waals surface area (Å²) < 4.78 is 0. The van der Waals surface area contributed by atoms with E-state index in [9.17, 15) is 9.59 Å². The molecule has 1 saturated carbocycles. The summed E-state index contributed by atoms with van der Waals surface area (Å²) in [5.41, 5.74) is 0. The van der Waals surface area contributed by atoms with Gasteiger partial charge in [0.15, 0.2) is 0 Å². The highest BCUT2D eigenvalue weighted by molar-refractivity contribution is 6.05. The number of carbonyl (C=O) groups excluding carboxylic acids is 2. The third-order valence-electron chi connectivity index (χ3n) is 5.15. The van der Waals surface area contributed by atoms with Gasteiger partial charge in [0.25, 0.3) is 0 Å². The number of nitrogens with one attached hydrogen (secondary N) is 1. The van der Waals surface area contributed by atoms with Gasteiger partial charge in [-0.1, -0.05) is 31.4 Å². The largest absolute Gasteiger partial charge is 0.305 e. The van der Waals surface area contributed by atoms with Crippen LogP contribution in [0.5, 0.6) is 0 Å². The van der Waals surface area contributed by atoms with Gasteiger partial charge in [0.05, 0.1) is 12.5 Å². The number of likely N-dealkylation sites (tertiary alicyclic amines) is 1. The van der Waals surface area contributed by atoms with Crippen molar-refractivity contribution in [1.29, 1.82) is 0 Å². The Morgan fingerprint density at radius 2 is 1.90 bits per heavy atom. The lowest BCUT2D eigenvalue weighted by Gasteiger charge is -2.30. The highest BCUT2D eigenvalue weighted by Gasteiger charge is 2.42. The van der Waals surface area contributed by atoms with Crippen LogP contribution in [0, 0.1) is 5.92 Å². The van der Waals surface area contributed by atoms with Crippen molar-refractivity contribution in [2.75, 3.05) is 6.54 Å². The Labute approximate surface area is 127 Å². The van der Waals surface area contributed by atoms with Crippen molar-refractivity contribution in [2.45, 2.75) is 69.9 Å². The number of amides is 2. The van der Waals surface area contributed by atoms with E-state index in [1.54, 1.807) is 4.90 Å². The van der Waals surface area contributed by atoms with Gasteiger partial charge in [-0.05, 0) is 44.6 Å². The lowest BCUT2D eigenvalue weighted by molar-refractivity contribution is -0.142. The van der Waals surface area contributed by atoms with Gasteiger partial charge in [-0.15, -0.1) is 0 Å². The zero-order valence-electron chi connectivity index (χ0n) is 12.7. The Balaban J connectivity index is 1.54. The average molecular weight is 290 g/mol. The Morgan fingerprint density at radius 1 is 1.10 bits per heavy atom. The normalized spacial score (nSPS) is 31.1. The molecule has 1 heterocycles. The van der Waals surface area contributed by atoms with Crippen LogP contribution in [-0.2, 0) is 9.59 Å². The van der Waals surface area contributed by atoms with Crippen molar-refractivity contribution < 1.29 is 9.59 Å². The SMILES string of the molecule is O=C1CC(NCC2CC=CCC2)C(=O)N1C1CCCCC1. The van der Waals surface area contributed by atoms with E-state index in [2.05, 4.69) is 17.5 Å². The van der Waals surface area contributed by atoms with E-state index in [0.29, 0.717) is 12.3 Å². The average Bonchev–Trinajstić information content (AvgIpc) is 2.81. The van der Waals surface area contributed by atoms with E-state index < -0.39 is 0 Å². The van der Waals surface area contributed by atoms with Crippen LogP contribution in [0.4, 0.5) is 0 Å². The van der Waals surface area contributed by atoms with E-state index in [1.807, 2.05) is 0 Å². The van der Waals surface area contributed by atoms with Crippen LogP contribution in [0.25, 0.3) is 0 Å². The molecule has 0 bridgehead atoms. The highest BCUT2D eigenvalue weighted by atomic mass is 16.2. The first-order valence-corrected chi connectivity index (χ1v) is 8.50. The second-order valence-electron chi connectivity index (χ2n) is 6.71. The summed E-state index contributed by atoms with van der Waals surface area (Å²) in [5, 5.41) is 3.35. The Morgan fingerprint density at radius 3 is 2.62 bits per heavy atom. The number of hydrogen-bond acceptors (Lipinski definition) is 3. The highest BCUT2D eigenvalue weighted by Crippen LogP contribution is 2.27. The van der Waals surface area contributed by atoms with Crippen LogP contribution in [0.2, 0.25) is 0 Å². The predicted molar refractivity (Wildman–Crippen MR) is 81.6 cm³/mol. The number of rotatable bonds is 4. The second-order valence-corrected chi connectivity index (χ2v) is 6.71. The molecule has 3 aliphatic rings. The first-order chi connectivity index (χ1) is 10.3. The predicted octanol–water partition coefficient (Wildman–Crippen LogP) is 2.39. The molecule has 0 aromatic heterocycles. The standard InChI is InChI=1S/C17H26N2O2/c20-16-11-15(18-12-13-7-3-1-4-8-13)17(21)19(16)14-9-5-2-6-10-14/h1,3,13-15,18H,2,4-12H2. The van der Waals surface area contributed by atoms with Gasteiger partial charge >= 0.3 is 0 Å². The molecule has 2 amide bonds. The summed E-state index contributed by atoms with van der Waals surface area (Å²) in [5.74, 6) is 0.674. The van der Waals surface area contributed by atoms with Gasteiger partial charge in [0, 0.05) is 6.04 Å². The molecule has 1 N–H and O–H groups in total. The molecule has 116 valence electrons. The van der Waals surface area contributed by atoms with E-state index >= 15 is 0 Å². The summed E-state index contributed by atoms with van der Waals surface area (Å²) in [6.07, 6.45) is 13.8. The fourth-order valence-corrected chi connectivity index (χ4v) is 3.88. The molecule has 0 aromatic carbocycles. The second kappa shape index (κ2) is 6.73. The summed E-state index contributed by atoms with van der Waals surface area (Å²) in [4.78, 5) is 26.3. The van der Waals surface area contributed by atoms with Gasteiger partial charge in [-0.25, -0.2) is 0 Å². The minimum Gasteiger partial charge on any atom is -0.305 e. The van der Waals surface area contributed by atoms with Gasteiger partial charge in [0.1, 0.15) is 0 Å². The molecule has 2 atom stereocenters. The molecule has 2 aliphatic carbocycles. The molecule has 0 radical (unpaired) electrons. The molecule has 2 unspecified atom stereocenters. The maximum atomic E-state index is 12.5. The first kappa shape index (κ1) is 14.8. The molecule has 1 aliphatic heterocycles. The monoisotopic (exact) mass is 290 g/mol. The molecular formula is C17H26N2O2. The Bertz CT molecular complexity index is 427. The van der Waals surface area contributed by atoms with Crippen LogP contribution < -0.4 is 5.32 Å². The van der Waals surface area contributed by atoms with Crippen molar-refractivity contribution in [1.82, 2.24) is 10.2 Å². The van der Waals surface area contributed by atoms with Crippen LogP contribution in [-0.4, -0.2) is 35.3 Å². The molecule has 0 spiro atoms. The number of hydrogen-bond donors (Lipinski definition) is 1. The van der Waals surface area contributed by atoms with Crippen LogP contribution in [0.3, 0.4) is 0 Å². The van der Waals surface area contributed by atoms with Gasteiger partial charge in [-0.2, -0.15) is 0 Å². The van der Waals surface area contributed by atoms with Crippen LogP contribution in [0.1, 0.15) is 57.8 Å². The maximum Gasteiger partial charge on any atom is 0.247 e. The van der Waals surface area contributed by atoms with E-state index in [4.69, 9.17) is 0 Å². The summed E-state index contributed by atoms with van der Waals surface area (Å²) in [6, 6.07) is -0.103. The maximum absolute atomic E-state index is 12.5. The smallest absolute Gasteiger partial charge is 0.247 e. The van der Waals surface area contributed by atoms with Gasteiger partial charge < -0.3 is 5.32 Å². The number of imide groups is 1. The number of allylic oxidation sites excluding steroid dienone is 2. The minimum atomic E-state index is -0.273. The number of carbonyl (C=O) groups is 2. The van der Waals surface area contributed by atoms with Gasteiger partial charge in [0.2, 0.25) is 11.8 Å². The quantitative estimate of drug-likeness (QED) is 0.639. The molecule has 1 saturated heterocycles. The van der Waals surface area contributed by atoms with Crippen molar-refractivity contribution in [3.63, 3.8) is 0 Å². The summed E-state index contributed by atoms with van der Waals surface area (Å²) >= 11 is 0. The lowest BCUT2D eigenvalue weighted by Crippen LogP contribution is -2.45. The van der Waals surface area contributed by atoms with E-state index in [1.165, 1.54) is 12.8 Å². The van der Waals surface area contributed by atoms with Crippen molar-refractivity contribution >= 4 is 11.8 Å². The topological polar surface area (TPSA) is 49.4 Å². The van der Waals surface area contributed by atoms with Crippen molar-refractivity contribution in [2.24, 2.45) is 5.92 Å². The third-order valence-corrected chi connectivity index (χ3v) is 5.15. The number of nitrogens with zero attached hydrogens (tertiary/aromatic N) is 1. The zero-order valence-corrected chi connectivity index (χ0v) is 12.7. The van der Waals surface area contributed by atoms with Crippen molar-refractivity contribution in [3.05, 3.63) is 12.2 Å². The molecule has 4 heteroatoms. The zero-order chi connectivity index (χ0) is 14.7. The fourth-order valence-electron chi connectivity index (χ4n) is 3.88. The summed E-state index contributed by atoms with van der Waals surface area (Å²) in [7, 11) is 0. The van der Waals surface area contributed by atoms with Gasteiger partial charge in [-0.3, -0.25) is 14.5 Å². The van der Waals surface area contributed by atoms with E-state index in [0.717, 1.165) is 45.1 Å². The summed E-state index contributed by atoms with van der Waals surface area (Å²) in [6.45, 7) is 0.854. The first-order valence-electron chi connectivity index (χ1n) is 8.50. The van der Waals surface area contributed by atoms with Crippen LogP contribution in [0.15, 0.2) is 12.2 Å². The molecule has 3 rings (SSSR count). The molecule has 2 fully saturated rings. The Hall–Kier alpha value is -1.16. The molecule has 4 nitrogen and oxygen atoms in total. The van der Waals surface area contributed by atoms with Crippen LogP contribution >= 0.6 is 0 Å². The lowest BCUT2D eigenvalue weighted by atomic mass is 9.94. The van der Waals surface area contributed by atoms with Crippen molar-refractivity contribution in [3.8, 4) is 0 Å². The molecular weight excluding hydrogens is 264 g/mol.